The molecule has 3 N–H and O–H groups in total. The zero-order valence-corrected chi connectivity index (χ0v) is 8.19. The van der Waals surface area contributed by atoms with E-state index in [-0.39, 0.29) is 6.10 Å². The molecule has 1 saturated carbocycles. The van der Waals surface area contributed by atoms with E-state index in [1.807, 2.05) is 12.3 Å². The first-order valence-corrected chi connectivity index (χ1v) is 5.15. The van der Waals surface area contributed by atoms with Gasteiger partial charge in [-0.2, -0.15) is 0 Å². The summed E-state index contributed by atoms with van der Waals surface area (Å²) >= 11 is 0. The van der Waals surface area contributed by atoms with Crippen LogP contribution >= 0.6 is 0 Å². The van der Waals surface area contributed by atoms with Gasteiger partial charge in [0.15, 0.2) is 0 Å². The van der Waals surface area contributed by atoms with E-state index in [0.717, 1.165) is 36.9 Å². The molecule has 2 rings (SSSR count). The van der Waals surface area contributed by atoms with Gasteiger partial charge in [0.1, 0.15) is 0 Å². The summed E-state index contributed by atoms with van der Waals surface area (Å²) in [6.45, 7) is 0. The minimum Gasteiger partial charge on any atom is -0.398 e. The van der Waals surface area contributed by atoms with Crippen molar-refractivity contribution in [3.05, 3.63) is 24.0 Å². The summed E-state index contributed by atoms with van der Waals surface area (Å²) in [5.74, 6) is 0.396. The highest BCUT2D eigenvalue weighted by molar-refractivity contribution is 5.46. The lowest BCUT2D eigenvalue weighted by molar-refractivity contribution is 0.119. The number of aromatic nitrogens is 1. The molecule has 76 valence electrons. The van der Waals surface area contributed by atoms with Gasteiger partial charge in [-0.3, -0.25) is 4.98 Å². The van der Waals surface area contributed by atoms with E-state index in [1.54, 1.807) is 6.20 Å². The van der Waals surface area contributed by atoms with Gasteiger partial charge >= 0.3 is 0 Å². The van der Waals surface area contributed by atoms with Crippen LogP contribution in [0.1, 0.15) is 37.2 Å². The maximum Gasteiger partial charge on any atom is 0.0546 e. The lowest BCUT2D eigenvalue weighted by atomic mass is 9.82. The average molecular weight is 192 g/mol. The van der Waals surface area contributed by atoms with Crippen molar-refractivity contribution in [2.75, 3.05) is 5.73 Å². The second-order valence-corrected chi connectivity index (χ2v) is 4.02. The van der Waals surface area contributed by atoms with Gasteiger partial charge in [0.2, 0.25) is 0 Å². The third-order valence-corrected chi connectivity index (χ3v) is 2.97. The molecule has 2 unspecified atom stereocenters. The second kappa shape index (κ2) is 3.96. The molecule has 0 aromatic carbocycles. The number of nitrogens with zero attached hydrogens (tertiary/aromatic N) is 1. The van der Waals surface area contributed by atoms with Crippen molar-refractivity contribution < 1.29 is 5.11 Å². The van der Waals surface area contributed by atoms with Crippen molar-refractivity contribution in [1.82, 2.24) is 4.98 Å². The first-order valence-electron chi connectivity index (χ1n) is 5.15. The molecule has 0 bridgehead atoms. The van der Waals surface area contributed by atoms with Crippen LogP contribution in [0.15, 0.2) is 18.5 Å². The number of hydrogen-bond acceptors (Lipinski definition) is 3. The van der Waals surface area contributed by atoms with Crippen LogP contribution in [0.25, 0.3) is 0 Å². The molecule has 1 fully saturated rings. The van der Waals surface area contributed by atoms with E-state index in [2.05, 4.69) is 4.98 Å². The first kappa shape index (κ1) is 9.46. The Labute approximate surface area is 84.0 Å². The monoisotopic (exact) mass is 192 g/mol. The fourth-order valence-corrected chi connectivity index (χ4v) is 2.21. The zero-order valence-electron chi connectivity index (χ0n) is 8.19. The highest BCUT2D eigenvalue weighted by Crippen LogP contribution is 2.34. The molecule has 0 aliphatic heterocycles. The van der Waals surface area contributed by atoms with Crippen LogP contribution in [0, 0.1) is 0 Å². The van der Waals surface area contributed by atoms with E-state index >= 15 is 0 Å². The van der Waals surface area contributed by atoms with Gasteiger partial charge in [0.25, 0.3) is 0 Å². The molecule has 1 heterocycles. The van der Waals surface area contributed by atoms with Crippen LogP contribution in [0.2, 0.25) is 0 Å². The normalized spacial score (nSPS) is 27.5. The number of aliphatic hydroxyl groups excluding tert-OH is 1. The summed E-state index contributed by atoms with van der Waals surface area (Å²) in [5.41, 5.74) is 7.78. The molecule has 0 spiro atoms. The molecule has 1 aromatic rings. The minimum absolute atomic E-state index is 0.159. The van der Waals surface area contributed by atoms with Crippen LogP contribution in [-0.2, 0) is 0 Å². The van der Waals surface area contributed by atoms with Crippen molar-refractivity contribution in [3.8, 4) is 0 Å². The van der Waals surface area contributed by atoms with Crippen molar-refractivity contribution in [2.45, 2.75) is 37.7 Å². The van der Waals surface area contributed by atoms with Gasteiger partial charge in [0, 0.05) is 18.1 Å². The SMILES string of the molecule is Nc1ccncc1C1CCCC(O)C1. The third-order valence-electron chi connectivity index (χ3n) is 2.97. The summed E-state index contributed by atoms with van der Waals surface area (Å²) in [6.07, 6.45) is 7.34. The standard InChI is InChI=1S/C11H16N2O/c12-11-4-5-13-7-10(11)8-2-1-3-9(14)6-8/h4-5,7-9,14H,1-3,6H2,(H2,12,13). The Morgan fingerprint density at radius 2 is 2.29 bits per heavy atom. The smallest absolute Gasteiger partial charge is 0.0546 e. The Bertz CT molecular complexity index is 314. The van der Waals surface area contributed by atoms with E-state index in [0.29, 0.717) is 5.92 Å². The summed E-state index contributed by atoms with van der Waals surface area (Å²) in [5, 5.41) is 9.57. The van der Waals surface area contributed by atoms with E-state index in [9.17, 15) is 5.11 Å². The summed E-state index contributed by atoms with van der Waals surface area (Å²) in [7, 11) is 0. The average Bonchev–Trinajstić information content (AvgIpc) is 2.18. The molecule has 1 aliphatic rings. The molecule has 14 heavy (non-hydrogen) atoms. The molecule has 1 aliphatic carbocycles. The highest BCUT2D eigenvalue weighted by atomic mass is 16.3. The summed E-state index contributed by atoms with van der Waals surface area (Å²) < 4.78 is 0. The summed E-state index contributed by atoms with van der Waals surface area (Å²) in [6, 6.07) is 1.83. The topological polar surface area (TPSA) is 59.1 Å². The van der Waals surface area contributed by atoms with Crippen LogP contribution in [-0.4, -0.2) is 16.2 Å². The molecule has 0 radical (unpaired) electrons. The maximum absolute atomic E-state index is 9.57. The van der Waals surface area contributed by atoms with Gasteiger partial charge in [-0.05, 0) is 36.8 Å². The Hall–Kier alpha value is -1.09. The number of nitrogens with two attached hydrogens (primary N) is 1. The maximum atomic E-state index is 9.57. The zero-order chi connectivity index (χ0) is 9.97. The van der Waals surface area contributed by atoms with Crippen molar-refractivity contribution >= 4 is 5.69 Å². The Kier molecular flexibility index (Phi) is 2.68. The molecule has 0 amide bonds. The molecule has 2 atom stereocenters. The molecule has 1 aromatic heterocycles. The second-order valence-electron chi connectivity index (χ2n) is 4.02. The van der Waals surface area contributed by atoms with Crippen LogP contribution in [0.3, 0.4) is 0 Å². The van der Waals surface area contributed by atoms with Crippen molar-refractivity contribution in [1.29, 1.82) is 0 Å². The number of rotatable bonds is 1. The fraction of sp³-hybridized carbons (Fsp3) is 0.545. The number of hydrogen-bond donors (Lipinski definition) is 2. The first-order chi connectivity index (χ1) is 6.77. The largest absolute Gasteiger partial charge is 0.398 e. The Morgan fingerprint density at radius 3 is 3.00 bits per heavy atom. The number of pyridine rings is 1. The molecule has 0 saturated heterocycles. The van der Waals surface area contributed by atoms with Crippen LogP contribution < -0.4 is 5.73 Å². The number of nitrogen functional groups attached to an aromatic ring is 1. The van der Waals surface area contributed by atoms with Crippen molar-refractivity contribution in [2.24, 2.45) is 0 Å². The van der Waals surface area contributed by atoms with Crippen LogP contribution in [0.4, 0.5) is 5.69 Å². The quantitative estimate of drug-likeness (QED) is 0.711. The van der Waals surface area contributed by atoms with Gasteiger partial charge in [-0.25, -0.2) is 0 Å². The minimum atomic E-state index is -0.159. The van der Waals surface area contributed by atoms with Gasteiger partial charge < -0.3 is 10.8 Å². The predicted octanol–water partition coefficient (Wildman–Crippen LogP) is 1.68. The van der Waals surface area contributed by atoms with E-state index in [4.69, 9.17) is 5.73 Å². The third kappa shape index (κ3) is 1.87. The number of anilines is 1. The number of aliphatic hydroxyl groups is 1. The fourth-order valence-electron chi connectivity index (χ4n) is 2.21. The summed E-state index contributed by atoms with van der Waals surface area (Å²) in [4.78, 5) is 4.08. The Balaban J connectivity index is 2.18. The van der Waals surface area contributed by atoms with E-state index in [1.165, 1.54) is 0 Å². The lowest BCUT2D eigenvalue weighted by Gasteiger charge is -2.26. The highest BCUT2D eigenvalue weighted by Gasteiger charge is 2.22. The molecular weight excluding hydrogens is 176 g/mol. The van der Waals surface area contributed by atoms with Crippen molar-refractivity contribution in [3.63, 3.8) is 0 Å². The molecule has 3 heteroatoms. The molecular formula is C11H16N2O. The lowest BCUT2D eigenvalue weighted by Crippen LogP contribution is -2.19. The van der Waals surface area contributed by atoms with Crippen LogP contribution in [0.5, 0.6) is 0 Å². The predicted molar refractivity (Wildman–Crippen MR) is 55.9 cm³/mol. The van der Waals surface area contributed by atoms with E-state index < -0.39 is 0 Å². The van der Waals surface area contributed by atoms with Gasteiger partial charge in [-0.15, -0.1) is 0 Å². The molecule has 3 nitrogen and oxygen atoms in total. The Morgan fingerprint density at radius 1 is 1.43 bits per heavy atom. The van der Waals surface area contributed by atoms with Gasteiger partial charge in [-0.1, -0.05) is 6.42 Å². The van der Waals surface area contributed by atoms with Gasteiger partial charge in [0.05, 0.1) is 6.10 Å².